The third-order valence-corrected chi connectivity index (χ3v) is 4.74. The van der Waals surface area contributed by atoms with Gasteiger partial charge in [-0.2, -0.15) is 0 Å². The molecule has 0 aliphatic heterocycles. The van der Waals surface area contributed by atoms with Crippen molar-refractivity contribution < 1.29 is 4.92 Å². The second kappa shape index (κ2) is 7.74. The molecule has 110 valence electrons. The zero-order valence-corrected chi connectivity index (χ0v) is 13.2. The van der Waals surface area contributed by atoms with Crippen LogP contribution in [0.5, 0.6) is 0 Å². The van der Waals surface area contributed by atoms with Crippen molar-refractivity contribution in [3.8, 4) is 0 Å². The highest BCUT2D eigenvalue weighted by atomic mass is 79.9. The highest BCUT2D eigenvalue weighted by molar-refractivity contribution is 9.10. The third kappa shape index (κ3) is 4.56. The molecule has 0 unspecified atom stereocenters. The van der Waals surface area contributed by atoms with E-state index in [-0.39, 0.29) is 10.6 Å². The first-order valence-electron chi connectivity index (χ1n) is 7.30. The second-order valence-electron chi connectivity index (χ2n) is 5.50. The van der Waals surface area contributed by atoms with Crippen molar-refractivity contribution >= 4 is 21.6 Å². The van der Waals surface area contributed by atoms with Gasteiger partial charge in [0.05, 0.1) is 4.92 Å². The summed E-state index contributed by atoms with van der Waals surface area (Å²) >= 11 is 3.39. The molecule has 1 aromatic rings. The molecular weight excluding hydrogens is 320 g/mol. The van der Waals surface area contributed by atoms with E-state index in [9.17, 15) is 10.1 Å². The monoisotopic (exact) mass is 340 g/mol. The van der Waals surface area contributed by atoms with Gasteiger partial charge in [-0.25, -0.2) is 0 Å². The lowest BCUT2D eigenvalue weighted by Crippen LogP contribution is -2.15. The van der Waals surface area contributed by atoms with E-state index in [4.69, 9.17) is 0 Å². The molecule has 1 aliphatic rings. The molecule has 0 saturated heterocycles. The summed E-state index contributed by atoms with van der Waals surface area (Å²) in [6, 6.07) is 4.93. The van der Waals surface area contributed by atoms with Crippen LogP contribution < -0.4 is 5.32 Å². The number of rotatable bonds is 7. The molecule has 2 rings (SSSR count). The van der Waals surface area contributed by atoms with Gasteiger partial charge < -0.3 is 5.32 Å². The number of nitrogens with one attached hydrogen (secondary N) is 1. The Hall–Kier alpha value is -0.940. The largest absolute Gasteiger partial charge is 0.313 e. The summed E-state index contributed by atoms with van der Waals surface area (Å²) in [5.74, 6) is 0.947. The Morgan fingerprint density at radius 1 is 1.35 bits per heavy atom. The van der Waals surface area contributed by atoms with Gasteiger partial charge in [0.15, 0.2) is 0 Å². The van der Waals surface area contributed by atoms with Crippen molar-refractivity contribution in [1.82, 2.24) is 5.32 Å². The molecule has 0 bridgehead atoms. The Morgan fingerprint density at radius 2 is 2.10 bits per heavy atom. The van der Waals surface area contributed by atoms with Gasteiger partial charge >= 0.3 is 0 Å². The summed E-state index contributed by atoms with van der Waals surface area (Å²) in [6.07, 6.45) is 8.19. The molecule has 0 radical (unpaired) electrons. The predicted octanol–water partition coefficient (Wildman–Crippen LogP) is 4.42. The minimum Gasteiger partial charge on any atom is -0.313 e. The lowest BCUT2D eigenvalue weighted by Gasteiger charge is -2.10. The van der Waals surface area contributed by atoms with Crippen molar-refractivity contribution in [3.05, 3.63) is 38.3 Å². The van der Waals surface area contributed by atoms with Crippen LogP contribution >= 0.6 is 15.9 Å². The molecule has 0 spiro atoms. The standard InChI is InChI=1S/C15H21BrN2O2/c16-15-10-14(18(19)20)8-7-13(15)11-17-9-3-6-12-4-1-2-5-12/h7-8,10,12,17H,1-6,9,11H2. The maximum Gasteiger partial charge on any atom is 0.270 e. The molecule has 20 heavy (non-hydrogen) atoms. The zero-order chi connectivity index (χ0) is 14.4. The van der Waals surface area contributed by atoms with Crippen LogP contribution in [0.4, 0.5) is 5.69 Å². The highest BCUT2D eigenvalue weighted by Crippen LogP contribution is 2.28. The molecular formula is C15H21BrN2O2. The number of nitrogens with zero attached hydrogens (tertiary/aromatic N) is 1. The van der Waals surface area contributed by atoms with Gasteiger partial charge in [0.1, 0.15) is 0 Å². The van der Waals surface area contributed by atoms with E-state index < -0.39 is 0 Å². The van der Waals surface area contributed by atoms with Crippen LogP contribution in [0.2, 0.25) is 0 Å². The Kier molecular flexibility index (Phi) is 5.98. The van der Waals surface area contributed by atoms with Gasteiger partial charge in [0.25, 0.3) is 5.69 Å². The summed E-state index contributed by atoms with van der Waals surface area (Å²) in [5, 5.41) is 14.1. The van der Waals surface area contributed by atoms with Crippen molar-refractivity contribution in [3.63, 3.8) is 0 Å². The molecule has 0 amide bonds. The first-order valence-corrected chi connectivity index (χ1v) is 8.09. The number of non-ortho nitro benzene ring substituents is 1. The Morgan fingerprint density at radius 3 is 2.75 bits per heavy atom. The smallest absolute Gasteiger partial charge is 0.270 e. The van der Waals surface area contributed by atoms with Crippen LogP contribution in [0, 0.1) is 16.0 Å². The average Bonchev–Trinajstić information content (AvgIpc) is 2.93. The van der Waals surface area contributed by atoms with E-state index in [2.05, 4.69) is 21.2 Å². The van der Waals surface area contributed by atoms with Crippen LogP contribution in [0.25, 0.3) is 0 Å². The molecule has 4 nitrogen and oxygen atoms in total. The number of halogens is 1. The number of benzene rings is 1. The number of hydrogen-bond donors (Lipinski definition) is 1. The molecule has 1 aliphatic carbocycles. The lowest BCUT2D eigenvalue weighted by atomic mass is 10.0. The van der Waals surface area contributed by atoms with Crippen LogP contribution in [0.3, 0.4) is 0 Å². The fraction of sp³-hybridized carbons (Fsp3) is 0.600. The van der Waals surface area contributed by atoms with E-state index in [1.165, 1.54) is 38.5 Å². The third-order valence-electron chi connectivity index (χ3n) is 4.00. The normalized spacial score (nSPS) is 15.7. The number of hydrogen-bond acceptors (Lipinski definition) is 3. The lowest BCUT2D eigenvalue weighted by molar-refractivity contribution is -0.384. The Balaban J connectivity index is 1.69. The minimum absolute atomic E-state index is 0.127. The molecule has 0 aromatic heterocycles. The number of nitro groups is 1. The van der Waals surface area contributed by atoms with Crippen LogP contribution in [0.1, 0.15) is 44.1 Å². The quantitative estimate of drug-likeness (QED) is 0.454. The van der Waals surface area contributed by atoms with Gasteiger partial charge in [-0.15, -0.1) is 0 Å². The fourth-order valence-corrected chi connectivity index (χ4v) is 3.34. The first kappa shape index (κ1) is 15.4. The topological polar surface area (TPSA) is 55.2 Å². The van der Waals surface area contributed by atoms with Crippen LogP contribution in [-0.2, 0) is 6.54 Å². The summed E-state index contributed by atoms with van der Waals surface area (Å²) in [4.78, 5) is 10.3. The van der Waals surface area contributed by atoms with Crippen LogP contribution in [0.15, 0.2) is 22.7 Å². The molecule has 0 atom stereocenters. The SMILES string of the molecule is O=[N+]([O-])c1ccc(CNCCCC2CCCC2)c(Br)c1. The van der Waals surface area contributed by atoms with Crippen molar-refractivity contribution in [2.45, 2.75) is 45.1 Å². The van der Waals surface area contributed by atoms with Gasteiger partial charge in [0, 0.05) is 23.2 Å². The second-order valence-corrected chi connectivity index (χ2v) is 6.36. The van der Waals surface area contributed by atoms with Crippen LogP contribution in [-0.4, -0.2) is 11.5 Å². The van der Waals surface area contributed by atoms with Crippen molar-refractivity contribution in [2.24, 2.45) is 5.92 Å². The average molecular weight is 341 g/mol. The molecule has 5 heteroatoms. The summed E-state index contributed by atoms with van der Waals surface area (Å²) < 4.78 is 0.801. The Labute approximate surface area is 128 Å². The first-order chi connectivity index (χ1) is 9.66. The van der Waals surface area contributed by atoms with Crippen molar-refractivity contribution in [1.29, 1.82) is 0 Å². The zero-order valence-electron chi connectivity index (χ0n) is 11.6. The maximum absolute atomic E-state index is 10.7. The van der Waals surface area contributed by atoms with Crippen molar-refractivity contribution in [2.75, 3.05) is 6.54 Å². The maximum atomic E-state index is 10.7. The van der Waals surface area contributed by atoms with E-state index in [0.717, 1.165) is 29.0 Å². The number of nitro benzene ring substituents is 1. The molecule has 1 N–H and O–H groups in total. The Bertz CT molecular complexity index is 459. The summed E-state index contributed by atoms with van der Waals surface area (Å²) in [5.41, 5.74) is 1.19. The van der Waals surface area contributed by atoms with E-state index in [0.29, 0.717) is 0 Å². The molecule has 1 fully saturated rings. The van der Waals surface area contributed by atoms with E-state index in [1.807, 2.05) is 6.07 Å². The predicted molar refractivity (Wildman–Crippen MR) is 83.7 cm³/mol. The van der Waals surface area contributed by atoms with Gasteiger partial charge in [-0.1, -0.05) is 41.6 Å². The van der Waals surface area contributed by atoms with Gasteiger partial charge in [-0.3, -0.25) is 10.1 Å². The van der Waals surface area contributed by atoms with Gasteiger partial charge in [0.2, 0.25) is 0 Å². The molecule has 1 saturated carbocycles. The fourth-order valence-electron chi connectivity index (χ4n) is 2.83. The summed E-state index contributed by atoms with van der Waals surface area (Å²) in [6.45, 7) is 1.77. The van der Waals surface area contributed by atoms with E-state index in [1.54, 1.807) is 12.1 Å². The summed E-state index contributed by atoms with van der Waals surface area (Å²) in [7, 11) is 0. The van der Waals surface area contributed by atoms with Gasteiger partial charge in [-0.05, 0) is 36.9 Å². The minimum atomic E-state index is -0.371. The molecule has 1 aromatic carbocycles. The highest BCUT2D eigenvalue weighted by Gasteiger charge is 2.14. The molecule has 0 heterocycles. The van der Waals surface area contributed by atoms with E-state index >= 15 is 0 Å².